The average Bonchev–Trinajstić information content (AvgIpc) is 2.82. The van der Waals surface area contributed by atoms with Crippen LogP contribution in [0, 0.1) is 5.92 Å². The van der Waals surface area contributed by atoms with Gasteiger partial charge in [-0.3, -0.25) is 0 Å². The zero-order valence-corrected chi connectivity index (χ0v) is 25.2. The molecule has 1 unspecified atom stereocenters. The number of benzene rings is 2. The normalized spacial score (nSPS) is 13.6. The van der Waals surface area contributed by atoms with Crippen LogP contribution in [-0.4, -0.2) is 24.4 Å². The topological polar surface area (TPSA) is 64.7 Å². The van der Waals surface area contributed by atoms with E-state index in [1.54, 1.807) is 0 Å². The van der Waals surface area contributed by atoms with E-state index in [0.29, 0.717) is 35.8 Å². The van der Waals surface area contributed by atoms with Gasteiger partial charge in [0.1, 0.15) is 17.1 Å². The van der Waals surface area contributed by atoms with Gasteiger partial charge in [-0.25, -0.2) is 0 Å². The molecule has 0 aromatic heterocycles. The number of unbranched alkanes of at least 4 members (excludes halogenated alkanes) is 2. The third-order valence-corrected chi connectivity index (χ3v) is 7.23. The van der Waals surface area contributed by atoms with Crippen molar-refractivity contribution in [1.82, 2.24) is 0 Å². The van der Waals surface area contributed by atoms with E-state index in [1.807, 2.05) is 12.1 Å². The van der Waals surface area contributed by atoms with Gasteiger partial charge in [-0.15, -0.1) is 0 Å². The molecule has 0 aliphatic carbocycles. The third-order valence-electron chi connectivity index (χ3n) is 7.23. The summed E-state index contributed by atoms with van der Waals surface area (Å²) >= 11 is 0. The van der Waals surface area contributed by atoms with Crippen LogP contribution in [0.5, 0.6) is 11.5 Å². The fourth-order valence-electron chi connectivity index (χ4n) is 4.49. The van der Waals surface area contributed by atoms with Crippen molar-refractivity contribution in [2.24, 2.45) is 11.7 Å². The largest absolute Gasteiger partial charge is 0.493 e. The molecule has 37 heavy (non-hydrogen) atoms. The number of hydrogen-bond donors (Lipinski definition) is 2. The molecule has 2 aromatic rings. The molecule has 0 bridgehead atoms. The molecule has 0 heterocycles. The molecule has 4 nitrogen and oxygen atoms in total. The molecular weight excluding hydrogens is 458 g/mol. The van der Waals surface area contributed by atoms with Crippen LogP contribution in [-0.2, 0) is 16.4 Å². The highest BCUT2D eigenvalue weighted by atomic mass is 16.5. The first-order chi connectivity index (χ1) is 17.2. The highest BCUT2D eigenvalue weighted by Gasteiger charge is 2.44. The standard InChI is InChI=1S/C33H53NO3/c1-11-13-19-36-28-21-24(31(5,6)7)15-17-26(28)33(35,30(34)23(3)4)27-18-16-25(32(8,9)10)22-29(27)37-20-14-12-2/h15-18,21-23,30,35H,11-14,19-20,34H2,1-10H3. The molecule has 3 N–H and O–H groups in total. The number of nitrogens with two attached hydrogens (primary N) is 1. The summed E-state index contributed by atoms with van der Waals surface area (Å²) < 4.78 is 12.7. The lowest BCUT2D eigenvalue weighted by Crippen LogP contribution is -2.50. The highest BCUT2D eigenvalue weighted by Crippen LogP contribution is 2.46. The Morgan fingerprint density at radius 1 is 0.730 bits per heavy atom. The zero-order valence-electron chi connectivity index (χ0n) is 25.2. The molecular formula is C33H53NO3. The second-order valence-corrected chi connectivity index (χ2v) is 12.9. The first kappa shape index (κ1) is 31.2. The zero-order chi connectivity index (χ0) is 28.0. The van der Waals surface area contributed by atoms with E-state index in [2.05, 4.69) is 93.5 Å². The number of hydrogen-bond acceptors (Lipinski definition) is 4. The Labute approximate surface area is 227 Å². The Morgan fingerprint density at radius 2 is 1.11 bits per heavy atom. The van der Waals surface area contributed by atoms with Gasteiger partial charge >= 0.3 is 0 Å². The molecule has 2 rings (SSSR count). The van der Waals surface area contributed by atoms with Crippen molar-refractivity contribution >= 4 is 0 Å². The Morgan fingerprint density at radius 3 is 1.41 bits per heavy atom. The summed E-state index contributed by atoms with van der Waals surface area (Å²) in [6, 6.07) is 11.8. The number of ether oxygens (including phenoxy) is 2. The monoisotopic (exact) mass is 511 g/mol. The lowest BCUT2D eigenvalue weighted by molar-refractivity contribution is 0.0296. The second kappa shape index (κ2) is 12.7. The minimum atomic E-state index is -1.50. The van der Waals surface area contributed by atoms with Crippen molar-refractivity contribution in [2.45, 2.75) is 117 Å². The smallest absolute Gasteiger partial charge is 0.137 e. The lowest BCUT2D eigenvalue weighted by Gasteiger charge is -2.39. The van der Waals surface area contributed by atoms with Gasteiger partial charge in [-0.1, -0.05) is 106 Å². The molecule has 0 aliphatic heterocycles. The maximum Gasteiger partial charge on any atom is 0.137 e. The molecule has 2 aromatic carbocycles. The van der Waals surface area contributed by atoms with E-state index < -0.39 is 11.6 Å². The van der Waals surface area contributed by atoms with Gasteiger partial charge in [0, 0.05) is 17.2 Å². The summed E-state index contributed by atoms with van der Waals surface area (Å²) in [5, 5.41) is 12.8. The molecule has 0 radical (unpaired) electrons. The van der Waals surface area contributed by atoms with Gasteiger partial charge in [0.25, 0.3) is 0 Å². The van der Waals surface area contributed by atoms with Gasteiger partial charge in [-0.2, -0.15) is 0 Å². The Kier molecular flexibility index (Phi) is 10.7. The minimum Gasteiger partial charge on any atom is -0.493 e. The van der Waals surface area contributed by atoms with Crippen molar-refractivity contribution in [3.05, 3.63) is 58.7 Å². The molecule has 0 aliphatic rings. The molecule has 0 spiro atoms. The predicted molar refractivity (Wildman–Crippen MR) is 157 cm³/mol. The van der Waals surface area contributed by atoms with Crippen LogP contribution in [0.3, 0.4) is 0 Å². The maximum atomic E-state index is 12.8. The Bertz CT molecular complexity index is 926. The fraction of sp³-hybridized carbons (Fsp3) is 0.636. The lowest BCUT2D eigenvalue weighted by atomic mass is 9.73. The van der Waals surface area contributed by atoms with E-state index in [9.17, 15) is 5.11 Å². The van der Waals surface area contributed by atoms with Crippen LogP contribution in [0.1, 0.15) is 117 Å². The quantitative estimate of drug-likeness (QED) is 0.285. The summed E-state index contributed by atoms with van der Waals surface area (Å²) in [6.07, 6.45) is 3.96. The molecule has 0 saturated carbocycles. The van der Waals surface area contributed by atoms with E-state index in [-0.39, 0.29) is 16.7 Å². The fourth-order valence-corrected chi connectivity index (χ4v) is 4.49. The Balaban J connectivity index is 2.85. The molecule has 208 valence electrons. The Hall–Kier alpha value is -2.04. The van der Waals surface area contributed by atoms with Crippen molar-refractivity contribution in [2.75, 3.05) is 13.2 Å². The van der Waals surface area contributed by atoms with E-state index in [4.69, 9.17) is 15.2 Å². The van der Waals surface area contributed by atoms with Gasteiger partial charge in [0.2, 0.25) is 0 Å². The van der Waals surface area contributed by atoms with Crippen LogP contribution in [0.15, 0.2) is 36.4 Å². The summed E-state index contributed by atoms with van der Waals surface area (Å²) in [7, 11) is 0. The van der Waals surface area contributed by atoms with Crippen molar-refractivity contribution < 1.29 is 14.6 Å². The van der Waals surface area contributed by atoms with Gasteiger partial charge in [0.15, 0.2) is 0 Å². The van der Waals surface area contributed by atoms with E-state index in [0.717, 1.165) is 36.8 Å². The van der Waals surface area contributed by atoms with E-state index in [1.165, 1.54) is 0 Å². The van der Waals surface area contributed by atoms with Crippen LogP contribution in [0.4, 0.5) is 0 Å². The molecule has 4 heteroatoms. The molecule has 0 fully saturated rings. The minimum absolute atomic E-state index is 0.0153. The highest BCUT2D eigenvalue weighted by molar-refractivity contribution is 5.54. The van der Waals surface area contributed by atoms with Crippen LogP contribution in [0.2, 0.25) is 0 Å². The van der Waals surface area contributed by atoms with Crippen LogP contribution < -0.4 is 15.2 Å². The van der Waals surface area contributed by atoms with Crippen molar-refractivity contribution in [3.8, 4) is 11.5 Å². The molecule has 0 amide bonds. The first-order valence-corrected chi connectivity index (χ1v) is 14.2. The SMILES string of the molecule is CCCCOc1cc(C(C)(C)C)ccc1C(O)(c1ccc(C(C)(C)C)cc1OCCCC)C(N)C(C)C. The van der Waals surface area contributed by atoms with Gasteiger partial charge in [-0.05, 0) is 52.8 Å². The average molecular weight is 512 g/mol. The molecule has 1 atom stereocenters. The summed E-state index contributed by atoms with van der Waals surface area (Å²) in [5.41, 5.74) is 9.00. The first-order valence-electron chi connectivity index (χ1n) is 14.2. The van der Waals surface area contributed by atoms with Crippen LogP contribution in [0.25, 0.3) is 0 Å². The number of rotatable bonds is 12. The summed E-state index contributed by atoms with van der Waals surface area (Å²) in [5.74, 6) is 1.40. The third kappa shape index (κ3) is 7.51. The van der Waals surface area contributed by atoms with Crippen molar-refractivity contribution in [1.29, 1.82) is 0 Å². The van der Waals surface area contributed by atoms with Gasteiger partial charge in [0.05, 0.1) is 13.2 Å². The number of aliphatic hydroxyl groups is 1. The second-order valence-electron chi connectivity index (χ2n) is 12.9. The summed E-state index contributed by atoms with van der Waals surface area (Å²) in [6.45, 7) is 22.7. The summed E-state index contributed by atoms with van der Waals surface area (Å²) in [4.78, 5) is 0. The van der Waals surface area contributed by atoms with Gasteiger partial charge < -0.3 is 20.3 Å². The maximum absolute atomic E-state index is 12.8. The van der Waals surface area contributed by atoms with Crippen molar-refractivity contribution in [3.63, 3.8) is 0 Å². The van der Waals surface area contributed by atoms with Crippen LogP contribution >= 0.6 is 0 Å². The predicted octanol–water partition coefficient (Wildman–Crippen LogP) is 7.86. The van der Waals surface area contributed by atoms with E-state index >= 15 is 0 Å². The molecule has 0 saturated heterocycles.